The monoisotopic (exact) mass is 493 g/mol. The van der Waals surface area contributed by atoms with Crippen molar-refractivity contribution in [2.75, 3.05) is 17.2 Å². The Morgan fingerprint density at radius 2 is 1.76 bits per heavy atom. The number of anilines is 2. The van der Waals surface area contributed by atoms with E-state index >= 15 is 0 Å². The van der Waals surface area contributed by atoms with Gasteiger partial charge in [0.1, 0.15) is 23.9 Å². The van der Waals surface area contributed by atoms with Gasteiger partial charge >= 0.3 is 5.97 Å². The number of nitrogen functional groups attached to an aromatic ring is 1. The molecule has 0 aliphatic carbocycles. The summed E-state index contributed by atoms with van der Waals surface area (Å²) in [6.07, 6.45) is 3.51. The lowest BCUT2D eigenvalue weighted by atomic mass is 9.99. The van der Waals surface area contributed by atoms with Gasteiger partial charge in [-0.25, -0.2) is 9.78 Å². The minimum Gasteiger partial charge on any atom is -0.489 e. The molecule has 3 aromatic carbocycles. The van der Waals surface area contributed by atoms with Crippen LogP contribution >= 0.6 is 0 Å². The molecule has 4 aromatic rings. The Kier molecular flexibility index (Phi) is 7.03. The average molecular weight is 494 g/mol. The molecular weight excluding hydrogens is 466 g/mol. The number of aromatic nitrogens is 1. The molecule has 7 nitrogen and oxygen atoms in total. The Hall–Kier alpha value is -4.78. The average Bonchev–Trinajstić information content (AvgIpc) is 2.94. The third kappa shape index (κ3) is 5.73. The Labute approximate surface area is 215 Å². The van der Waals surface area contributed by atoms with E-state index in [1.807, 2.05) is 30.3 Å². The highest BCUT2D eigenvalue weighted by atomic mass is 16.6. The predicted octanol–water partition coefficient (Wildman–Crippen LogP) is 5.69. The Balaban J connectivity index is 1.30. The second-order valence-corrected chi connectivity index (χ2v) is 8.63. The maximum atomic E-state index is 11.7. The van der Waals surface area contributed by atoms with Gasteiger partial charge in [-0.3, -0.25) is 0 Å². The molecule has 0 saturated carbocycles. The molecule has 0 spiro atoms. The van der Waals surface area contributed by atoms with Crippen LogP contribution in [0.3, 0.4) is 0 Å². The first-order valence-electron chi connectivity index (χ1n) is 12.0. The molecule has 1 aromatic heterocycles. The lowest BCUT2D eigenvalue weighted by Crippen LogP contribution is -2.31. The lowest BCUT2D eigenvalue weighted by Gasteiger charge is -2.31. The summed E-state index contributed by atoms with van der Waals surface area (Å²) in [6, 6.07) is 25.2. The fraction of sp³-hybridized carbons (Fsp3) is 0.133. The normalized spacial score (nSPS) is 12.4. The van der Waals surface area contributed by atoms with Gasteiger partial charge in [0, 0.05) is 25.2 Å². The van der Waals surface area contributed by atoms with Crippen LogP contribution in [0.1, 0.15) is 16.7 Å². The third-order valence-electron chi connectivity index (χ3n) is 6.11. The Morgan fingerprint density at radius 3 is 2.57 bits per heavy atom. The molecule has 1 aliphatic rings. The number of carbonyl (C=O) groups is 1. The Bertz CT molecular complexity index is 1420. The zero-order chi connectivity index (χ0) is 25.6. The number of esters is 1. The number of ether oxygens (including phenoxy) is 3. The fourth-order valence-corrected chi connectivity index (χ4v) is 4.22. The van der Waals surface area contributed by atoms with Crippen molar-refractivity contribution >= 4 is 17.5 Å². The van der Waals surface area contributed by atoms with Crippen molar-refractivity contribution in [2.45, 2.75) is 19.6 Å². The number of benzene rings is 3. The van der Waals surface area contributed by atoms with Crippen LogP contribution in [0, 0.1) is 0 Å². The SMILES string of the molecule is C=CC(=O)Oc1ccccc1Oc1cnc(N)c(N2CCc3cc(OCc4ccccc4)ccc3C2)c1. The van der Waals surface area contributed by atoms with E-state index in [9.17, 15) is 4.79 Å². The smallest absolute Gasteiger partial charge is 0.335 e. The minimum absolute atomic E-state index is 0.294. The van der Waals surface area contributed by atoms with Crippen LogP contribution in [-0.4, -0.2) is 17.5 Å². The molecule has 7 heteroatoms. The second kappa shape index (κ2) is 10.9. The summed E-state index contributed by atoms with van der Waals surface area (Å²) >= 11 is 0. The number of fused-ring (bicyclic) bond motifs is 1. The van der Waals surface area contributed by atoms with E-state index in [4.69, 9.17) is 19.9 Å². The molecule has 0 atom stereocenters. The van der Waals surface area contributed by atoms with Crippen LogP contribution in [0.5, 0.6) is 23.0 Å². The molecule has 0 bridgehead atoms. The third-order valence-corrected chi connectivity index (χ3v) is 6.11. The van der Waals surface area contributed by atoms with E-state index in [0.717, 1.165) is 36.0 Å². The molecule has 0 fully saturated rings. The highest BCUT2D eigenvalue weighted by Gasteiger charge is 2.20. The highest BCUT2D eigenvalue weighted by Crippen LogP contribution is 2.36. The number of carbonyl (C=O) groups excluding carboxylic acids is 1. The quantitative estimate of drug-likeness (QED) is 0.192. The number of rotatable bonds is 8. The predicted molar refractivity (Wildman–Crippen MR) is 143 cm³/mol. The van der Waals surface area contributed by atoms with E-state index in [-0.39, 0.29) is 0 Å². The zero-order valence-electron chi connectivity index (χ0n) is 20.3. The van der Waals surface area contributed by atoms with Crippen LogP contribution in [0.15, 0.2) is 97.7 Å². The van der Waals surface area contributed by atoms with E-state index in [0.29, 0.717) is 36.2 Å². The maximum Gasteiger partial charge on any atom is 0.335 e. The number of hydrogen-bond donors (Lipinski definition) is 1. The summed E-state index contributed by atoms with van der Waals surface area (Å²) < 4.78 is 17.3. The standard InChI is InChI=1S/C30H27N3O4/c1-2-29(34)37-28-11-7-6-10-27(28)36-25-17-26(30(31)32-18-25)33-15-14-22-16-24(13-12-23(22)19-33)35-20-21-8-4-3-5-9-21/h2-13,16-18H,1,14-15,19-20H2,(H2,31,32). The van der Waals surface area contributed by atoms with Crippen LogP contribution in [0.2, 0.25) is 0 Å². The van der Waals surface area contributed by atoms with Crippen molar-refractivity contribution < 1.29 is 19.0 Å². The topological polar surface area (TPSA) is 86.9 Å². The fourth-order valence-electron chi connectivity index (χ4n) is 4.22. The van der Waals surface area contributed by atoms with Gasteiger partial charge in [-0.05, 0) is 47.4 Å². The lowest BCUT2D eigenvalue weighted by molar-refractivity contribution is -0.129. The molecule has 37 heavy (non-hydrogen) atoms. The first-order chi connectivity index (χ1) is 18.1. The van der Waals surface area contributed by atoms with Gasteiger partial charge < -0.3 is 24.8 Å². The summed E-state index contributed by atoms with van der Waals surface area (Å²) in [4.78, 5) is 18.2. The molecule has 0 saturated heterocycles. The van der Waals surface area contributed by atoms with Crippen molar-refractivity contribution in [1.29, 1.82) is 0 Å². The molecule has 5 rings (SSSR count). The maximum absolute atomic E-state index is 11.7. The van der Waals surface area contributed by atoms with Crippen LogP contribution in [0.25, 0.3) is 0 Å². The number of nitrogens with zero attached hydrogens (tertiary/aromatic N) is 2. The van der Waals surface area contributed by atoms with E-state index in [1.165, 1.54) is 11.1 Å². The van der Waals surface area contributed by atoms with Crippen molar-refractivity contribution in [3.05, 3.63) is 114 Å². The van der Waals surface area contributed by atoms with Gasteiger partial charge in [-0.1, -0.05) is 55.1 Å². The summed E-state index contributed by atoms with van der Waals surface area (Å²) in [5, 5.41) is 0. The summed E-state index contributed by atoms with van der Waals surface area (Å²) in [5.41, 5.74) is 10.7. The van der Waals surface area contributed by atoms with Gasteiger partial charge in [0.15, 0.2) is 11.5 Å². The molecule has 0 unspecified atom stereocenters. The van der Waals surface area contributed by atoms with Crippen molar-refractivity contribution in [3.63, 3.8) is 0 Å². The molecule has 2 heterocycles. The van der Waals surface area contributed by atoms with E-state index in [2.05, 4.69) is 40.7 Å². The molecular formula is C30H27N3O4. The molecule has 1 aliphatic heterocycles. The first-order valence-corrected chi connectivity index (χ1v) is 12.0. The van der Waals surface area contributed by atoms with Gasteiger partial charge in [0.25, 0.3) is 0 Å². The number of para-hydroxylation sites is 2. The largest absolute Gasteiger partial charge is 0.489 e. The van der Waals surface area contributed by atoms with Crippen LogP contribution in [-0.2, 0) is 24.4 Å². The summed E-state index contributed by atoms with van der Waals surface area (Å²) in [5.74, 6) is 1.90. The highest BCUT2D eigenvalue weighted by molar-refractivity contribution is 5.83. The van der Waals surface area contributed by atoms with Gasteiger partial charge in [-0.15, -0.1) is 0 Å². The van der Waals surface area contributed by atoms with E-state index in [1.54, 1.807) is 30.5 Å². The van der Waals surface area contributed by atoms with Crippen LogP contribution < -0.4 is 24.8 Å². The molecule has 186 valence electrons. The number of hydrogen-bond acceptors (Lipinski definition) is 7. The van der Waals surface area contributed by atoms with Gasteiger partial charge in [-0.2, -0.15) is 0 Å². The number of pyridine rings is 1. The zero-order valence-corrected chi connectivity index (χ0v) is 20.3. The van der Waals surface area contributed by atoms with Crippen LogP contribution in [0.4, 0.5) is 11.5 Å². The molecule has 2 N–H and O–H groups in total. The molecule has 0 radical (unpaired) electrons. The molecule has 0 amide bonds. The van der Waals surface area contributed by atoms with Gasteiger partial charge in [0.05, 0.1) is 11.9 Å². The second-order valence-electron chi connectivity index (χ2n) is 8.63. The van der Waals surface area contributed by atoms with Crippen molar-refractivity contribution in [2.24, 2.45) is 0 Å². The summed E-state index contributed by atoms with van der Waals surface area (Å²) in [7, 11) is 0. The van der Waals surface area contributed by atoms with Crippen molar-refractivity contribution in [1.82, 2.24) is 4.98 Å². The number of nitrogens with two attached hydrogens (primary N) is 1. The van der Waals surface area contributed by atoms with E-state index < -0.39 is 5.97 Å². The minimum atomic E-state index is -0.562. The van der Waals surface area contributed by atoms with Crippen molar-refractivity contribution in [3.8, 4) is 23.0 Å². The van der Waals surface area contributed by atoms with Gasteiger partial charge in [0.2, 0.25) is 0 Å². The Morgan fingerprint density at radius 1 is 0.973 bits per heavy atom. The summed E-state index contributed by atoms with van der Waals surface area (Å²) in [6.45, 7) is 5.44. The first kappa shape index (κ1) is 23.9.